The number of nitrogens with zero attached hydrogens (tertiary/aromatic N) is 1. The zero-order valence-electron chi connectivity index (χ0n) is 11.9. The number of aliphatic hydroxyl groups excluding tert-OH is 2. The van der Waals surface area contributed by atoms with E-state index < -0.39 is 6.10 Å². The van der Waals surface area contributed by atoms with E-state index in [1.54, 1.807) is 0 Å². The molecule has 20 heavy (non-hydrogen) atoms. The second kappa shape index (κ2) is 8.47. The Bertz CT molecular complexity index is 394. The van der Waals surface area contributed by atoms with E-state index in [1.165, 1.54) is 0 Å². The normalized spacial score (nSPS) is 18.4. The third-order valence-corrected chi connectivity index (χ3v) is 3.46. The van der Waals surface area contributed by atoms with E-state index in [-0.39, 0.29) is 18.5 Å². The molecule has 5 heteroatoms. The predicted molar refractivity (Wildman–Crippen MR) is 81.6 cm³/mol. The molecular formula is C15H24ClNO3. The lowest BCUT2D eigenvalue weighted by molar-refractivity contribution is 0.0337. The first-order chi connectivity index (χ1) is 9.13. The minimum atomic E-state index is -0.490. The standard InChI is InChI=1S/C15H23NO3.ClH/c1-12-3-2-4-15(9-12)19-11-14(18)10-16-7-5-13(17)6-8-16;/h2-4,9,13-14,17-18H,5-8,10-11H2,1H3;1H. The van der Waals surface area contributed by atoms with Gasteiger partial charge in [0.25, 0.3) is 0 Å². The highest BCUT2D eigenvalue weighted by molar-refractivity contribution is 5.85. The van der Waals surface area contributed by atoms with Crippen LogP contribution in [0.25, 0.3) is 0 Å². The van der Waals surface area contributed by atoms with Gasteiger partial charge in [-0.1, -0.05) is 12.1 Å². The van der Waals surface area contributed by atoms with Crippen molar-refractivity contribution in [3.63, 3.8) is 0 Å². The maximum absolute atomic E-state index is 9.97. The monoisotopic (exact) mass is 301 g/mol. The van der Waals surface area contributed by atoms with Crippen LogP contribution >= 0.6 is 12.4 Å². The third-order valence-electron chi connectivity index (χ3n) is 3.46. The number of benzene rings is 1. The Labute approximate surface area is 126 Å². The molecule has 0 saturated carbocycles. The summed E-state index contributed by atoms with van der Waals surface area (Å²) < 4.78 is 5.59. The number of aryl methyl sites for hydroxylation is 1. The number of β-amino-alcohol motifs (C(OH)–C–C–N with tert-alkyl or cyclic N) is 1. The molecule has 1 aliphatic heterocycles. The Hall–Kier alpha value is -0.810. The first kappa shape index (κ1) is 17.2. The highest BCUT2D eigenvalue weighted by atomic mass is 35.5. The second-order valence-corrected chi connectivity index (χ2v) is 5.31. The molecule has 2 N–H and O–H groups in total. The van der Waals surface area contributed by atoms with Crippen LogP contribution in [-0.2, 0) is 0 Å². The summed E-state index contributed by atoms with van der Waals surface area (Å²) in [7, 11) is 0. The number of aliphatic hydroxyl groups is 2. The molecule has 1 heterocycles. The van der Waals surface area contributed by atoms with Gasteiger partial charge in [0.1, 0.15) is 18.5 Å². The summed E-state index contributed by atoms with van der Waals surface area (Å²) in [5, 5.41) is 19.4. The van der Waals surface area contributed by atoms with Gasteiger partial charge in [-0.15, -0.1) is 12.4 Å². The summed E-state index contributed by atoms with van der Waals surface area (Å²) in [4.78, 5) is 2.18. The molecule has 1 fully saturated rings. The fourth-order valence-electron chi connectivity index (χ4n) is 2.35. The zero-order valence-corrected chi connectivity index (χ0v) is 12.7. The fourth-order valence-corrected chi connectivity index (χ4v) is 2.35. The summed E-state index contributed by atoms with van der Waals surface area (Å²) in [6.07, 6.45) is 0.935. The number of piperidine rings is 1. The van der Waals surface area contributed by atoms with Crippen LogP contribution in [-0.4, -0.2) is 53.6 Å². The molecule has 1 aromatic rings. The zero-order chi connectivity index (χ0) is 13.7. The Kier molecular flexibility index (Phi) is 7.30. The van der Waals surface area contributed by atoms with Crippen LogP contribution in [0.1, 0.15) is 18.4 Å². The molecule has 0 radical (unpaired) electrons. The Morgan fingerprint density at radius 1 is 1.35 bits per heavy atom. The second-order valence-electron chi connectivity index (χ2n) is 5.31. The summed E-state index contributed by atoms with van der Waals surface area (Å²) in [6.45, 7) is 4.63. The first-order valence-corrected chi connectivity index (χ1v) is 6.91. The summed E-state index contributed by atoms with van der Waals surface area (Å²) in [6, 6.07) is 7.83. The van der Waals surface area contributed by atoms with Crippen molar-refractivity contribution < 1.29 is 14.9 Å². The molecule has 0 aromatic heterocycles. The number of hydrogen-bond acceptors (Lipinski definition) is 4. The first-order valence-electron chi connectivity index (χ1n) is 6.91. The van der Waals surface area contributed by atoms with E-state index >= 15 is 0 Å². The van der Waals surface area contributed by atoms with Crippen LogP contribution < -0.4 is 4.74 Å². The van der Waals surface area contributed by atoms with Gasteiger partial charge in [-0.2, -0.15) is 0 Å². The van der Waals surface area contributed by atoms with Gasteiger partial charge in [-0.3, -0.25) is 0 Å². The van der Waals surface area contributed by atoms with Gasteiger partial charge in [-0.05, 0) is 37.5 Å². The van der Waals surface area contributed by atoms with Crippen molar-refractivity contribution in [3.05, 3.63) is 29.8 Å². The molecule has 1 unspecified atom stereocenters. The summed E-state index contributed by atoms with van der Waals surface area (Å²) in [5.41, 5.74) is 1.15. The number of rotatable bonds is 5. The molecule has 0 amide bonds. The van der Waals surface area contributed by atoms with Gasteiger partial charge >= 0.3 is 0 Å². The summed E-state index contributed by atoms with van der Waals surface area (Å²) >= 11 is 0. The lowest BCUT2D eigenvalue weighted by atomic mass is 10.1. The quantitative estimate of drug-likeness (QED) is 0.868. The number of halogens is 1. The Morgan fingerprint density at radius 3 is 2.70 bits per heavy atom. The molecule has 1 aromatic carbocycles. The molecule has 114 valence electrons. The maximum atomic E-state index is 9.97. The van der Waals surface area contributed by atoms with Crippen molar-refractivity contribution in [1.82, 2.24) is 4.90 Å². The molecular weight excluding hydrogens is 278 g/mol. The topological polar surface area (TPSA) is 52.9 Å². The van der Waals surface area contributed by atoms with E-state index in [1.807, 2.05) is 31.2 Å². The molecule has 4 nitrogen and oxygen atoms in total. The van der Waals surface area contributed by atoms with Gasteiger partial charge in [0.05, 0.1) is 6.10 Å². The van der Waals surface area contributed by atoms with E-state index in [9.17, 15) is 10.2 Å². The SMILES string of the molecule is Cc1cccc(OCC(O)CN2CCC(O)CC2)c1.Cl. The van der Waals surface area contributed by atoms with Crippen molar-refractivity contribution in [2.24, 2.45) is 0 Å². The van der Waals surface area contributed by atoms with Gasteiger partial charge in [0.15, 0.2) is 0 Å². The van der Waals surface area contributed by atoms with Crippen molar-refractivity contribution in [3.8, 4) is 5.75 Å². The van der Waals surface area contributed by atoms with E-state index in [0.29, 0.717) is 13.2 Å². The Balaban J connectivity index is 0.00000200. The highest BCUT2D eigenvalue weighted by Gasteiger charge is 2.19. The van der Waals surface area contributed by atoms with Crippen LogP contribution in [0.4, 0.5) is 0 Å². The van der Waals surface area contributed by atoms with Crippen LogP contribution in [0.2, 0.25) is 0 Å². The average molecular weight is 302 g/mol. The fraction of sp³-hybridized carbons (Fsp3) is 0.600. The van der Waals surface area contributed by atoms with Crippen LogP contribution in [0.15, 0.2) is 24.3 Å². The maximum Gasteiger partial charge on any atom is 0.119 e. The largest absolute Gasteiger partial charge is 0.491 e. The molecule has 1 saturated heterocycles. The van der Waals surface area contributed by atoms with Crippen molar-refractivity contribution in [2.45, 2.75) is 32.0 Å². The lowest BCUT2D eigenvalue weighted by Crippen LogP contribution is -2.41. The molecule has 1 aliphatic rings. The van der Waals surface area contributed by atoms with Crippen molar-refractivity contribution in [1.29, 1.82) is 0 Å². The third kappa shape index (κ3) is 5.67. The number of ether oxygens (including phenoxy) is 1. The van der Waals surface area contributed by atoms with E-state index in [4.69, 9.17) is 4.74 Å². The van der Waals surface area contributed by atoms with Crippen LogP contribution in [0, 0.1) is 6.92 Å². The molecule has 0 spiro atoms. The van der Waals surface area contributed by atoms with Crippen molar-refractivity contribution in [2.75, 3.05) is 26.2 Å². The van der Waals surface area contributed by atoms with Gasteiger partial charge in [0.2, 0.25) is 0 Å². The average Bonchev–Trinajstić information content (AvgIpc) is 2.39. The molecule has 1 atom stereocenters. The lowest BCUT2D eigenvalue weighted by Gasteiger charge is -2.30. The number of hydrogen-bond donors (Lipinski definition) is 2. The minimum absolute atomic E-state index is 0. The molecule has 0 bridgehead atoms. The minimum Gasteiger partial charge on any atom is -0.491 e. The number of likely N-dealkylation sites (tertiary alicyclic amines) is 1. The highest BCUT2D eigenvalue weighted by Crippen LogP contribution is 2.13. The molecule has 0 aliphatic carbocycles. The van der Waals surface area contributed by atoms with Gasteiger partial charge < -0.3 is 19.8 Å². The van der Waals surface area contributed by atoms with Crippen LogP contribution in [0.5, 0.6) is 5.75 Å². The van der Waals surface area contributed by atoms with Gasteiger partial charge in [-0.25, -0.2) is 0 Å². The van der Waals surface area contributed by atoms with E-state index in [2.05, 4.69) is 4.90 Å². The molecule has 2 rings (SSSR count). The van der Waals surface area contributed by atoms with E-state index in [0.717, 1.165) is 37.2 Å². The van der Waals surface area contributed by atoms with Gasteiger partial charge in [0, 0.05) is 19.6 Å². The van der Waals surface area contributed by atoms with Crippen LogP contribution in [0.3, 0.4) is 0 Å². The van der Waals surface area contributed by atoms with Crippen molar-refractivity contribution >= 4 is 12.4 Å². The smallest absolute Gasteiger partial charge is 0.119 e. The summed E-state index contributed by atoms with van der Waals surface area (Å²) in [5.74, 6) is 0.799. The predicted octanol–water partition coefficient (Wildman–Crippen LogP) is 1.61. The Morgan fingerprint density at radius 2 is 2.05 bits per heavy atom.